The Kier molecular flexibility index (Phi) is 5.71. The van der Waals surface area contributed by atoms with Gasteiger partial charge < -0.3 is 30.4 Å². The first-order valence-corrected chi connectivity index (χ1v) is 9.04. The maximum absolute atomic E-state index is 12.4. The number of carbonyl (C=O) groups excluding carboxylic acids is 2. The Balaban J connectivity index is 1.45. The number of nitrogens with zero attached hydrogens (tertiary/aromatic N) is 4. The number of carbonyl (C=O) groups is 2. The molecule has 4 N–H and O–H groups in total. The summed E-state index contributed by atoms with van der Waals surface area (Å²) >= 11 is 0. The van der Waals surface area contributed by atoms with Crippen LogP contribution in [0, 0.1) is 0 Å². The summed E-state index contributed by atoms with van der Waals surface area (Å²) in [5.41, 5.74) is 0.420. The lowest BCUT2D eigenvalue weighted by Crippen LogP contribution is -2.63. The van der Waals surface area contributed by atoms with Crippen LogP contribution in [-0.4, -0.2) is 94.2 Å². The van der Waals surface area contributed by atoms with Gasteiger partial charge in [-0.2, -0.15) is 0 Å². The Morgan fingerprint density at radius 1 is 1.18 bits per heavy atom. The van der Waals surface area contributed by atoms with Gasteiger partial charge in [-0.05, 0) is 30.7 Å². The molecule has 10 nitrogen and oxygen atoms in total. The fourth-order valence-corrected chi connectivity index (χ4v) is 3.45. The Morgan fingerprint density at radius 3 is 2.54 bits per heavy atom. The molecule has 3 amide bonds. The van der Waals surface area contributed by atoms with Gasteiger partial charge in [-0.3, -0.25) is 9.69 Å². The van der Waals surface area contributed by atoms with Crippen molar-refractivity contribution in [2.24, 2.45) is 4.99 Å². The SMILES string of the molecule is CN1C(=O)C2C(N=CN2CCCNCC(O)c2cc(O)cc(O)c2)N(C)C1=O. The van der Waals surface area contributed by atoms with E-state index in [0.717, 1.165) is 4.90 Å². The Morgan fingerprint density at radius 2 is 1.86 bits per heavy atom. The molecule has 1 aromatic rings. The first kappa shape index (κ1) is 19.9. The molecule has 3 unspecified atom stereocenters. The van der Waals surface area contributed by atoms with Crippen LogP contribution in [0.25, 0.3) is 0 Å². The highest BCUT2D eigenvalue weighted by molar-refractivity contribution is 6.01. The third-order valence-electron chi connectivity index (χ3n) is 4.99. The average Bonchev–Trinajstić information content (AvgIpc) is 3.07. The lowest BCUT2D eigenvalue weighted by molar-refractivity contribution is -0.136. The number of hydrogen-bond acceptors (Lipinski definition) is 8. The van der Waals surface area contributed by atoms with E-state index in [1.165, 1.54) is 30.1 Å². The quantitative estimate of drug-likeness (QED) is 0.469. The third-order valence-corrected chi connectivity index (χ3v) is 4.99. The summed E-state index contributed by atoms with van der Waals surface area (Å²) in [6.45, 7) is 1.41. The number of rotatable bonds is 7. The number of nitrogens with one attached hydrogen (secondary N) is 1. The maximum Gasteiger partial charge on any atom is 0.328 e. The summed E-state index contributed by atoms with van der Waals surface area (Å²) in [7, 11) is 3.10. The zero-order chi connectivity index (χ0) is 20.4. The van der Waals surface area contributed by atoms with Crippen molar-refractivity contribution in [2.75, 3.05) is 33.7 Å². The van der Waals surface area contributed by atoms with Crippen molar-refractivity contribution in [1.82, 2.24) is 20.0 Å². The van der Waals surface area contributed by atoms with Gasteiger partial charge in [0.15, 0.2) is 12.2 Å². The number of imide groups is 1. The van der Waals surface area contributed by atoms with Crippen LogP contribution in [0.4, 0.5) is 4.79 Å². The number of phenolic OH excluding ortho intramolecular Hbond substituents is 2. The van der Waals surface area contributed by atoms with Crippen molar-refractivity contribution in [2.45, 2.75) is 24.7 Å². The van der Waals surface area contributed by atoms with Gasteiger partial charge in [-0.1, -0.05) is 0 Å². The van der Waals surface area contributed by atoms with Gasteiger partial charge in [0.25, 0.3) is 5.91 Å². The second-order valence-electron chi connectivity index (χ2n) is 7.01. The fraction of sp³-hybridized carbons (Fsp3) is 0.500. The van der Waals surface area contributed by atoms with E-state index in [4.69, 9.17) is 0 Å². The molecule has 0 aliphatic carbocycles. The highest BCUT2D eigenvalue weighted by Gasteiger charge is 2.48. The number of urea groups is 1. The predicted octanol–water partition coefficient (Wildman–Crippen LogP) is -0.327. The van der Waals surface area contributed by atoms with Crippen molar-refractivity contribution in [1.29, 1.82) is 0 Å². The number of fused-ring (bicyclic) bond motifs is 1. The van der Waals surface area contributed by atoms with Crippen molar-refractivity contribution < 1.29 is 24.9 Å². The van der Waals surface area contributed by atoms with Crippen molar-refractivity contribution in [3.05, 3.63) is 23.8 Å². The number of amides is 3. The topological polar surface area (TPSA) is 129 Å². The molecule has 0 aromatic heterocycles. The number of aromatic hydroxyl groups is 2. The van der Waals surface area contributed by atoms with Crippen LogP contribution in [0.2, 0.25) is 0 Å². The minimum atomic E-state index is -0.871. The summed E-state index contributed by atoms with van der Waals surface area (Å²) in [6, 6.07) is 3.13. The average molecular weight is 391 g/mol. The first-order valence-electron chi connectivity index (χ1n) is 9.04. The third kappa shape index (κ3) is 3.87. The van der Waals surface area contributed by atoms with E-state index in [9.17, 15) is 24.9 Å². The van der Waals surface area contributed by atoms with Gasteiger partial charge in [-0.25, -0.2) is 9.79 Å². The van der Waals surface area contributed by atoms with Gasteiger partial charge in [0.05, 0.1) is 12.4 Å². The van der Waals surface area contributed by atoms with Crippen LogP contribution in [0.3, 0.4) is 0 Å². The Bertz CT molecular complexity index is 765. The van der Waals surface area contributed by atoms with Crippen LogP contribution in [0.15, 0.2) is 23.2 Å². The minimum Gasteiger partial charge on any atom is -0.508 e. The fourth-order valence-electron chi connectivity index (χ4n) is 3.45. The standard InChI is InChI=1S/C18H25N5O5/c1-21-16-15(17(27)22(2)18(21)28)23(10-20-16)5-3-4-19-9-14(26)11-6-12(24)8-13(25)7-11/h6-8,10,14-16,19,24-26H,3-5,9H2,1-2H3. The molecule has 2 aliphatic rings. The second kappa shape index (κ2) is 8.03. The number of aliphatic imine (C=N–C) groups is 1. The van der Waals surface area contributed by atoms with Gasteiger partial charge in [-0.15, -0.1) is 0 Å². The lowest BCUT2D eigenvalue weighted by atomic mass is 10.1. The smallest absolute Gasteiger partial charge is 0.328 e. The minimum absolute atomic E-state index is 0.109. The van der Waals surface area contributed by atoms with E-state index in [-0.39, 0.29) is 30.0 Å². The number of hydrogen-bond donors (Lipinski definition) is 4. The summed E-state index contributed by atoms with van der Waals surface area (Å²) < 4.78 is 0. The molecular formula is C18H25N5O5. The summed E-state index contributed by atoms with van der Waals surface area (Å²) in [5.74, 6) is -0.484. The van der Waals surface area contributed by atoms with E-state index >= 15 is 0 Å². The number of aliphatic hydroxyl groups excluding tert-OH is 1. The summed E-state index contributed by atoms with van der Waals surface area (Å²) in [6.07, 6.45) is 0.941. The van der Waals surface area contributed by atoms with Crippen molar-refractivity contribution in [3.8, 4) is 11.5 Å². The van der Waals surface area contributed by atoms with Crippen molar-refractivity contribution >= 4 is 18.3 Å². The molecule has 1 saturated heterocycles. The van der Waals surface area contributed by atoms with E-state index in [1.54, 1.807) is 13.4 Å². The molecule has 1 aromatic carbocycles. The van der Waals surface area contributed by atoms with Crippen molar-refractivity contribution in [3.63, 3.8) is 0 Å². The number of benzene rings is 1. The number of likely N-dealkylation sites (N-methyl/N-ethyl adjacent to an activating group) is 2. The normalized spacial score (nSPS) is 22.8. The molecule has 1 fully saturated rings. The van der Waals surface area contributed by atoms with Gasteiger partial charge >= 0.3 is 6.03 Å². The molecule has 3 rings (SSSR count). The Labute approximate surface area is 162 Å². The largest absolute Gasteiger partial charge is 0.508 e. The predicted molar refractivity (Wildman–Crippen MR) is 101 cm³/mol. The molecular weight excluding hydrogens is 366 g/mol. The molecule has 28 heavy (non-hydrogen) atoms. The van der Waals surface area contributed by atoms with E-state index < -0.39 is 18.3 Å². The van der Waals surface area contributed by atoms with Gasteiger partial charge in [0.2, 0.25) is 0 Å². The lowest BCUT2D eigenvalue weighted by Gasteiger charge is -2.39. The highest BCUT2D eigenvalue weighted by atomic mass is 16.3. The molecule has 0 bridgehead atoms. The molecule has 0 saturated carbocycles. The van der Waals surface area contributed by atoms with Gasteiger partial charge in [0, 0.05) is 33.3 Å². The van der Waals surface area contributed by atoms with Crippen LogP contribution in [-0.2, 0) is 4.79 Å². The van der Waals surface area contributed by atoms with Crippen LogP contribution in [0.5, 0.6) is 11.5 Å². The molecule has 3 atom stereocenters. The van der Waals surface area contributed by atoms with E-state index in [2.05, 4.69) is 10.3 Å². The zero-order valence-corrected chi connectivity index (χ0v) is 15.8. The molecule has 0 spiro atoms. The maximum atomic E-state index is 12.4. The first-order chi connectivity index (χ1) is 13.3. The number of phenols is 2. The Hall–Kier alpha value is -2.85. The van der Waals surface area contributed by atoms with Gasteiger partial charge in [0.1, 0.15) is 11.5 Å². The summed E-state index contributed by atoms with van der Waals surface area (Å²) in [4.78, 5) is 33.1. The number of aliphatic hydroxyl groups is 1. The van der Waals surface area contributed by atoms with E-state index in [0.29, 0.717) is 25.1 Å². The zero-order valence-electron chi connectivity index (χ0n) is 15.8. The molecule has 152 valence electrons. The van der Waals surface area contributed by atoms with Crippen LogP contribution < -0.4 is 5.32 Å². The molecule has 0 radical (unpaired) electrons. The summed E-state index contributed by atoms with van der Waals surface area (Å²) in [5, 5.41) is 32.2. The molecule has 2 aliphatic heterocycles. The second-order valence-corrected chi connectivity index (χ2v) is 7.01. The van der Waals surface area contributed by atoms with E-state index in [1.807, 2.05) is 4.90 Å². The monoisotopic (exact) mass is 391 g/mol. The highest BCUT2D eigenvalue weighted by Crippen LogP contribution is 2.25. The van der Waals surface area contributed by atoms with Crippen LogP contribution in [0.1, 0.15) is 18.1 Å². The van der Waals surface area contributed by atoms with Crippen LogP contribution >= 0.6 is 0 Å². The molecule has 2 heterocycles. The molecule has 10 heteroatoms.